The lowest BCUT2D eigenvalue weighted by Gasteiger charge is -2.21. The van der Waals surface area contributed by atoms with Gasteiger partial charge in [-0.05, 0) is 24.6 Å². The number of nitrogens with one attached hydrogen (secondary N) is 2. The first kappa shape index (κ1) is 17.9. The number of nitrogens with zero attached hydrogens (tertiary/aromatic N) is 3. The SMILES string of the molecule is CN=C(NCc1cccc(NC(C)=O)c1)N(C)Cc1csc(C)n1. The van der Waals surface area contributed by atoms with E-state index in [4.69, 9.17) is 0 Å². The van der Waals surface area contributed by atoms with Gasteiger partial charge in [0.1, 0.15) is 0 Å². The molecule has 1 aromatic carbocycles. The van der Waals surface area contributed by atoms with Crippen LogP contribution in [0.25, 0.3) is 0 Å². The Morgan fingerprint density at radius 1 is 1.42 bits per heavy atom. The highest BCUT2D eigenvalue weighted by Crippen LogP contribution is 2.12. The molecule has 0 spiro atoms. The summed E-state index contributed by atoms with van der Waals surface area (Å²) >= 11 is 1.65. The zero-order valence-corrected chi connectivity index (χ0v) is 15.3. The maximum absolute atomic E-state index is 11.1. The number of thiazole rings is 1. The van der Waals surface area contributed by atoms with Crippen molar-refractivity contribution in [2.45, 2.75) is 26.9 Å². The standard InChI is InChI=1S/C17H23N5OS/c1-12(23)20-15-7-5-6-14(8-15)9-19-17(18-3)22(4)10-16-11-24-13(2)21-16/h5-8,11H,9-10H2,1-4H3,(H,18,19)(H,20,23). The summed E-state index contributed by atoms with van der Waals surface area (Å²) in [7, 11) is 3.75. The second kappa shape index (κ2) is 8.44. The third kappa shape index (κ3) is 5.34. The number of guanidine groups is 1. The first-order chi connectivity index (χ1) is 11.5. The zero-order chi connectivity index (χ0) is 17.5. The molecule has 0 bridgehead atoms. The van der Waals surface area contributed by atoms with Crippen molar-refractivity contribution in [3.05, 3.63) is 45.9 Å². The number of aryl methyl sites for hydroxylation is 1. The fourth-order valence-electron chi connectivity index (χ4n) is 2.33. The van der Waals surface area contributed by atoms with Crippen LogP contribution in [-0.4, -0.2) is 35.8 Å². The molecule has 2 N–H and O–H groups in total. The van der Waals surface area contributed by atoms with Crippen molar-refractivity contribution in [3.8, 4) is 0 Å². The highest BCUT2D eigenvalue weighted by molar-refractivity contribution is 7.09. The van der Waals surface area contributed by atoms with Gasteiger partial charge in [-0.1, -0.05) is 12.1 Å². The van der Waals surface area contributed by atoms with Gasteiger partial charge in [-0.3, -0.25) is 9.79 Å². The Morgan fingerprint density at radius 2 is 2.21 bits per heavy atom. The lowest BCUT2D eigenvalue weighted by atomic mass is 10.2. The van der Waals surface area contributed by atoms with Gasteiger partial charge in [0.05, 0.1) is 17.2 Å². The second-order valence-electron chi connectivity index (χ2n) is 5.50. The molecule has 6 nitrogen and oxygen atoms in total. The summed E-state index contributed by atoms with van der Waals surface area (Å²) < 4.78 is 0. The second-order valence-corrected chi connectivity index (χ2v) is 6.56. The van der Waals surface area contributed by atoms with Gasteiger partial charge in [-0.15, -0.1) is 11.3 Å². The minimum atomic E-state index is -0.0748. The Kier molecular flexibility index (Phi) is 6.31. The monoisotopic (exact) mass is 345 g/mol. The molecule has 0 aliphatic rings. The Balaban J connectivity index is 1.94. The van der Waals surface area contributed by atoms with E-state index in [-0.39, 0.29) is 5.91 Å². The Morgan fingerprint density at radius 3 is 2.83 bits per heavy atom. The topological polar surface area (TPSA) is 69.6 Å². The molecule has 1 heterocycles. The Labute approximate surface area is 146 Å². The molecule has 24 heavy (non-hydrogen) atoms. The molecule has 0 aliphatic carbocycles. The summed E-state index contributed by atoms with van der Waals surface area (Å²) in [5.74, 6) is 0.722. The van der Waals surface area contributed by atoms with Crippen molar-refractivity contribution in [1.82, 2.24) is 15.2 Å². The maximum atomic E-state index is 11.1. The van der Waals surface area contributed by atoms with Gasteiger partial charge in [0, 0.05) is 38.6 Å². The number of carbonyl (C=O) groups excluding carboxylic acids is 1. The summed E-state index contributed by atoms with van der Waals surface area (Å²) in [6.45, 7) is 4.84. The summed E-state index contributed by atoms with van der Waals surface area (Å²) in [5.41, 5.74) is 2.90. The number of aliphatic imine (C=N–C) groups is 1. The predicted octanol–water partition coefficient (Wildman–Crippen LogP) is 2.62. The zero-order valence-electron chi connectivity index (χ0n) is 14.5. The van der Waals surface area contributed by atoms with Crippen molar-refractivity contribution in [2.75, 3.05) is 19.4 Å². The van der Waals surface area contributed by atoms with Crippen LogP contribution >= 0.6 is 11.3 Å². The first-order valence-corrected chi connectivity index (χ1v) is 8.55. The number of amides is 1. The van der Waals surface area contributed by atoms with Crippen LogP contribution in [-0.2, 0) is 17.9 Å². The summed E-state index contributed by atoms with van der Waals surface area (Å²) in [5, 5.41) is 9.25. The summed E-state index contributed by atoms with van der Waals surface area (Å²) in [4.78, 5) is 22.0. The third-order valence-corrected chi connectivity index (χ3v) is 4.16. The van der Waals surface area contributed by atoms with E-state index in [0.29, 0.717) is 13.1 Å². The largest absolute Gasteiger partial charge is 0.352 e. The molecule has 0 saturated carbocycles. The first-order valence-electron chi connectivity index (χ1n) is 7.67. The van der Waals surface area contributed by atoms with Crippen molar-refractivity contribution >= 4 is 28.9 Å². The highest BCUT2D eigenvalue weighted by atomic mass is 32.1. The van der Waals surface area contributed by atoms with Gasteiger partial charge in [-0.25, -0.2) is 4.98 Å². The third-order valence-electron chi connectivity index (χ3n) is 3.34. The molecular weight excluding hydrogens is 322 g/mol. The summed E-state index contributed by atoms with van der Waals surface area (Å²) in [6.07, 6.45) is 0. The fraction of sp³-hybridized carbons (Fsp3) is 0.353. The number of aromatic nitrogens is 1. The lowest BCUT2D eigenvalue weighted by Crippen LogP contribution is -2.38. The lowest BCUT2D eigenvalue weighted by molar-refractivity contribution is -0.114. The van der Waals surface area contributed by atoms with Crippen molar-refractivity contribution in [1.29, 1.82) is 0 Å². The number of carbonyl (C=O) groups is 1. The van der Waals surface area contributed by atoms with Crippen molar-refractivity contribution in [2.24, 2.45) is 4.99 Å². The molecule has 0 saturated heterocycles. The van der Waals surface area contributed by atoms with Gasteiger partial charge in [0.15, 0.2) is 5.96 Å². The minimum absolute atomic E-state index is 0.0748. The average molecular weight is 345 g/mol. The Hall–Kier alpha value is -2.41. The molecule has 0 radical (unpaired) electrons. The number of anilines is 1. The van der Waals surface area contributed by atoms with E-state index in [0.717, 1.165) is 27.9 Å². The highest BCUT2D eigenvalue weighted by Gasteiger charge is 2.08. The quantitative estimate of drug-likeness (QED) is 0.646. The smallest absolute Gasteiger partial charge is 0.221 e. The van der Waals surface area contributed by atoms with Crippen molar-refractivity contribution in [3.63, 3.8) is 0 Å². The van der Waals surface area contributed by atoms with Crippen molar-refractivity contribution < 1.29 is 4.79 Å². The van der Waals surface area contributed by atoms with Crippen LogP contribution in [0.15, 0.2) is 34.6 Å². The predicted molar refractivity (Wildman–Crippen MR) is 99.3 cm³/mol. The number of benzene rings is 1. The molecule has 0 unspecified atom stereocenters. The molecule has 0 aliphatic heterocycles. The van der Waals surface area contributed by atoms with Crippen LogP contribution in [0.5, 0.6) is 0 Å². The molecule has 2 aromatic rings. The average Bonchev–Trinajstić information content (AvgIpc) is 2.92. The van der Waals surface area contributed by atoms with E-state index in [9.17, 15) is 4.79 Å². The van der Waals surface area contributed by atoms with Crippen LogP contribution < -0.4 is 10.6 Å². The van der Waals surface area contributed by atoms with Gasteiger partial charge in [0.25, 0.3) is 0 Å². The van der Waals surface area contributed by atoms with Crippen LogP contribution in [0.3, 0.4) is 0 Å². The van der Waals surface area contributed by atoms with E-state index in [1.807, 2.05) is 43.1 Å². The number of rotatable bonds is 5. The van der Waals surface area contributed by atoms with E-state index in [2.05, 4.69) is 26.0 Å². The molecule has 128 valence electrons. The van der Waals surface area contributed by atoms with Gasteiger partial charge >= 0.3 is 0 Å². The van der Waals surface area contributed by atoms with E-state index < -0.39 is 0 Å². The van der Waals surface area contributed by atoms with Crippen LogP contribution in [0.1, 0.15) is 23.2 Å². The fourth-order valence-corrected chi connectivity index (χ4v) is 2.93. The minimum Gasteiger partial charge on any atom is -0.352 e. The molecule has 2 rings (SSSR count). The van der Waals surface area contributed by atoms with Crippen LogP contribution in [0, 0.1) is 6.92 Å². The maximum Gasteiger partial charge on any atom is 0.221 e. The van der Waals surface area contributed by atoms with E-state index in [1.165, 1.54) is 6.92 Å². The van der Waals surface area contributed by atoms with Crippen LogP contribution in [0.4, 0.5) is 5.69 Å². The number of hydrogen-bond donors (Lipinski definition) is 2. The van der Waals surface area contributed by atoms with Gasteiger partial charge in [-0.2, -0.15) is 0 Å². The summed E-state index contributed by atoms with van der Waals surface area (Å²) in [6, 6.07) is 7.75. The molecular formula is C17H23N5OS. The Bertz CT molecular complexity index is 725. The molecule has 7 heteroatoms. The molecule has 0 atom stereocenters. The van der Waals surface area contributed by atoms with E-state index in [1.54, 1.807) is 18.4 Å². The number of hydrogen-bond acceptors (Lipinski definition) is 4. The van der Waals surface area contributed by atoms with Crippen LogP contribution in [0.2, 0.25) is 0 Å². The van der Waals surface area contributed by atoms with Gasteiger partial charge < -0.3 is 15.5 Å². The van der Waals surface area contributed by atoms with E-state index >= 15 is 0 Å². The molecule has 1 amide bonds. The van der Waals surface area contributed by atoms with Gasteiger partial charge in [0.2, 0.25) is 5.91 Å². The normalized spacial score (nSPS) is 11.2. The molecule has 0 fully saturated rings. The molecule has 1 aromatic heterocycles.